The first-order valence-electron chi connectivity index (χ1n) is 4.37. The van der Waals surface area contributed by atoms with Gasteiger partial charge in [0.1, 0.15) is 0 Å². The van der Waals surface area contributed by atoms with E-state index in [0.717, 1.165) is 0 Å². The summed E-state index contributed by atoms with van der Waals surface area (Å²) in [5, 5.41) is 0. The summed E-state index contributed by atoms with van der Waals surface area (Å²) in [6, 6.07) is 6.28. The maximum Gasteiger partial charge on any atom is 0.324 e. The molecule has 0 aliphatic rings. The van der Waals surface area contributed by atoms with Gasteiger partial charge in [0, 0.05) is 0 Å². The van der Waals surface area contributed by atoms with E-state index in [1.165, 1.54) is 0 Å². The molecule has 0 atom stereocenters. The molecule has 2 rings (SSSR count). The number of nitrogens with zero attached hydrogens (tertiary/aromatic N) is 2. The van der Waals surface area contributed by atoms with Crippen LogP contribution in [0.3, 0.4) is 0 Å². The largest absolute Gasteiger partial charge is 0.422 e. The Kier molecular flexibility index (Phi) is 2.63. The van der Waals surface area contributed by atoms with Gasteiger partial charge in [0.25, 0.3) is 5.95 Å². The summed E-state index contributed by atoms with van der Waals surface area (Å²) in [5.74, 6) is -2.11. The number of halogens is 2. The second-order valence-corrected chi connectivity index (χ2v) is 2.93. The number of nitrogens with two attached hydrogens (primary N) is 1. The van der Waals surface area contributed by atoms with Gasteiger partial charge in [-0.3, -0.25) is 0 Å². The van der Waals surface area contributed by atoms with Crippen LogP contribution in [0.1, 0.15) is 0 Å². The van der Waals surface area contributed by atoms with Crippen molar-refractivity contribution in [3.8, 4) is 11.8 Å². The summed E-state index contributed by atoms with van der Waals surface area (Å²) in [7, 11) is 0. The van der Waals surface area contributed by atoms with Crippen LogP contribution in [0.5, 0.6) is 11.8 Å². The number of ether oxygens (including phenoxy) is 1. The second-order valence-electron chi connectivity index (χ2n) is 2.93. The standard InChI is InChI=1S/C10H7F2N3O/c11-6-5-14-10(15-9(6)12)16-8-4-2-1-3-7(8)13/h1-5H,13H2. The van der Waals surface area contributed by atoms with Crippen molar-refractivity contribution in [2.45, 2.75) is 0 Å². The lowest BCUT2D eigenvalue weighted by Crippen LogP contribution is -1.98. The first kappa shape index (κ1) is 10.3. The van der Waals surface area contributed by atoms with Gasteiger partial charge < -0.3 is 10.5 Å². The normalized spacial score (nSPS) is 10.1. The van der Waals surface area contributed by atoms with Gasteiger partial charge in [0.05, 0.1) is 11.9 Å². The van der Waals surface area contributed by atoms with E-state index in [9.17, 15) is 8.78 Å². The van der Waals surface area contributed by atoms with E-state index in [1.54, 1.807) is 24.3 Å². The third kappa shape index (κ3) is 2.05. The van der Waals surface area contributed by atoms with Gasteiger partial charge in [-0.2, -0.15) is 9.37 Å². The molecule has 0 bridgehead atoms. The predicted octanol–water partition coefficient (Wildman–Crippen LogP) is 2.13. The maximum atomic E-state index is 12.7. The van der Waals surface area contributed by atoms with Gasteiger partial charge in [-0.1, -0.05) is 12.1 Å². The zero-order chi connectivity index (χ0) is 11.5. The molecule has 0 spiro atoms. The minimum Gasteiger partial charge on any atom is -0.422 e. The molecule has 0 aliphatic carbocycles. The van der Waals surface area contributed by atoms with E-state index < -0.39 is 11.8 Å². The van der Waals surface area contributed by atoms with Crippen molar-refractivity contribution in [3.63, 3.8) is 0 Å². The Morgan fingerprint density at radius 3 is 2.62 bits per heavy atom. The molecule has 1 heterocycles. The van der Waals surface area contributed by atoms with E-state index in [2.05, 4.69) is 9.97 Å². The van der Waals surface area contributed by atoms with Gasteiger partial charge in [-0.05, 0) is 12.1 Å². The Balaban J connectivity index is 2.28. The highest BCUT2D eigenvalue weighted by Gasteiger charge is 2.08. The predicted molar refractivity (Wildman–Crippen MR) is 52.9 cm³/mol. The Morgan fingerprint density at radius 1 is 1.19 bits per heavy atom. The lowest BCUT2D eigenvalue weighted by atomic mass is 10.3. The van der Waals surface area contributed by atoms with Gasteiger partial charge >= 0.3 is 6.01 Å². The number of hydrogen-bond acceptors (Lipinski definition) is 4. The van der Waals surface area contributed by atoms with E-state index >= 15 is 0 Å². The molecule has 0 unspecified atom stereocenters. The second kappa shape index (κ2) is 4.09. The minimum atomic E-state index is -1.26. The maximum absolute atomic E-state index is 12.7. The van der Waals surface area contributed by atoms with Crippen LogP contribution in [-0.4, -0.2) is 9.97 Å². The van der Waals surface area contributed by atoms with Crippen LogP contribution < -0.4 is 10.5 Å². The number of benzene rings is 1. The SMILES string of the molecule is Nc1ccccc1Oc1ncc(F)c(F)n1. The molecule has 6 heteroatoms. The van der Waals surface area contributed by atoms with E-state index in [-0.39, 0.29) is 11.8 Å². The Hall–Kier alpha value is -2.24. The quantitative estimate of drug-likeness (QED) is 0.625. The fraction of sp³-hybridized carbons (Fsp3) is 0. The van der Waals surface area contributed by atoms with Gasteiger partial charge in [-0.25, -0.2) is 9.37 Å². The molecule has 1 aromatic carbocycles. The Morgan fingerprint density at radius 2 is 1.94 bits per heavy atom. The minimum absolute atomic E-state index is 0.286. The Labute approximate surface area is 89.7 Å². The molecule has 4 nitrogen and oxygen atoms in total. The number of rotatable bonds is 2. The highest BCUT2D eigenvalue weighted by molar-refractivity contribution is 5.52. The molecule has 0 aliphatic heterocycles. The van der Waals surface area contributed by atoms with Crippen LogP contribution >= 0.6 is 0 Å². The van der Waals surface area contributed by atoms with Crippen LogP contribution in [-0.2, 0) is 0 Å². The molecule has 2 N–H and O–H groups in total. The van der Waals surface area contributed by atoms with Crippen molar-refractivity contribution in [2.75, 3.05) is 5.73 Å². The van der Waals surface area contributed by atoms with Crippen molar-refractivity contribution in [3.05, 3.63) is 42.2 Å². The van der Waals surface area contributed by atoms with Crippen LogP contribution in [0.2, 0.25) is 0 Å². The molecule has 1 aromatic heterocycles. The van der Waals surface area contributed by atoms with E-state index in [4.69, 9.17) is 10.5 Å². The highest BCUT2D eigenvalue weighted by Crippen LogP contribution is 2.24. The number of para-hydroxylation sites is 2. The fourth-order valence-corrected chi connectivity index (χ4v) is 1.05. The molecular weight excluding hydrogens is 216 g/mol. The highest BCUT2D eigenvalue weighted by atomic mass is 19.2. The summed E-state index contributed by atoms with van der Waals surface area (Å²) in [6.45, 7) is 0. The molecule has 0 saturated carbocycles. The smallest absolute Gasteiger partial charge is 0.324 e. The van der Waals surface area contributed by atoms with Crippen LogP contribution in [0.4, 0.5) is 14.5 Å². The molecule has 0 fully saturated rings. The van der Waals surface area contributed by atoms with E-state index in [0.29, 0.717) is 11.9 Å². The van der Waals surface area contributed by atoms with Crippen molar-refractivity contribution in [1.82, 2.24) is 9.97 Å². The van der Waals surface area contributed by atoms with E-state index in [1.807, 2.05) is 0 Å². The van der Waals surface area contributed by atoms with Gasteiger partial charge in [-0.15, -0.1) is 0 Å². The van der Waals surface area contributed by atoms with Crippen molar-refractivity contribution >= 4 is 5.69 Å². The molecule has 82 valence electrons. The van der Waals surface area contributed by atoms with Gasteiger partial charge in [0.2, 0.25) is 0 Å². The summed E-state index contributed by atoms with van der Waals surface area (Å²) in [6.07, 6.45) is 0.691. The lowest BCUT2D eigenvalue weighted by molar-refractivity contribution is 0.402. The van der Waals surface area contributed by atoms with Gasteiger partial charge in [0.15, 0.2) is 11.6 Å². The van der Waals surface area contributed by atoms with Crippen LogP contribution in [0.25, 0.3) is 0 Å². The first-order chi connectivity index (χ1) is 7.66. The molecule has 0 saturated heterocycles. The zero-order valence-electron chi connectivity index (χ0n) is 8.02. The lowest BCUT2D eigenvalue weighted by Gasteiger charge is -2.05. The number of aromatic nitrogens is 2. The molecule has 0 amide bonds. The molecule has 16 heavy (non-hydrogen) atoms. The number of anilines is 1. The topological polar surface area (TPSA) is 61.0 Å². The van der Waals surface area contributed by atoms with Crippen molar-refractivity contribution < 1.29 is 13.5 Å². The average molecular weight is 223 g/mol. The summed E-state index contributed by atoms with van der Waals surface area (Å²) in [4.78, 5) is 6.65. The third-order valence-corrected chi connectivity index (χ3v) is 1.80. The monoisotopic (exact) mass is 223 g/mol. The first-order valence-corrected chi connectivity index (χ1v) is 4.37. The Bertz CT molecular complexity index is 519. The molecule has 2 aromatic rings. The van der Waals surface area contributed by atoms with Crippen LogP contribution in [0, 0.1) is 11.8 Å². The summed E-state index contributed by atoms with van der Waals surface area (Å²) >= 11 is 0. The number of nitrogen functional groups attached to an aromatic ring is 1. The average Bonchev–Trinajstić information content (AvgIpc) is 2.27. The van der Waals surface area contributed by atoms with Crippen molar-refractivity contribution in [1.29, 1.82) is 0 Å². The van der Waals surface area contributed by atoms with Crippen LogP contribution in [0.15, 0.2) is 30.5 Å². The third-order valence-electron chi connectivity index (χ3n) is 1.80. The fourth-order valence-electron chi connectivity index (χ4n) is 1.05. The summed E-state index contributed by atoms with van der Waals surface area (Å²) < 4.78 is 30.4. The molecule has 0 radical (unpaired) electrons. The van der Waals surface area contributed by atoms with Crippen molar-refractivity contribution in [2.24, 2.45) is 0 Å². The molecular formula is C10H7F2N3O. The zero-order valence-corrected chi connectivity index (χ0v) is 8.02. The number of hydrogen-bond donors (Lipinski definition) is 1. The summed E-state index contributed by atoms with van der Waals surface area (Å²) in [5.41, 5.74) is 5.95.